The zero-order valence-electron chi connectivity index (χ0n) is 13.7. The SMILES string of the molecule is Cc1cnc(C(C)(C)NC(=O)N[C@@H](C)c2cccc(C#N)c2)s1. The number of nitrogens with one attached hydrogen (secondary N) is 2. The molecule has 1 aromatic carbocycles. The van der Waals surface area contributed by atoms with Crippen molar-refractivity contribution in [1.82, 2.24) is 15.6 Å². The Hall–Kier alpha value is -2.39. The smallest absolute Gasteiger partial charge is 0.316 e. The molecule has 2 rings (SSSR count). The fourth-order valence-electron chi connectivity index (χ4n) is 2.17. The molecule has 6 heteroatoms. The minimum atomic E-state index is -0.544. The summed E-state index contributed by atoms with van der Waals surface area (Å²) in [6.07, 6.45) is 1.80. The molecule has 0 bridgehead atoms. The van der Waals surface area contributed by atoms with Crippen molar-refractivity contribution in [2.24, 2.45) is 0 Å². The van der Waals surface area contributed by atoms with Crippen molar-refractivity contribution in [2.45, 2.75) is 39.3 Å². The maximum absolute atomic E-state index is 12.3. The van der Waals surface area contributed by atoms with Crippen molar-refractivity contribution < 1.29 is 4.79 Å². The first-order valence-corrected chi connectivity index (χ1v) is 8.15. The van der Waals surface area contributed by atoms with Gasteiger partial charge in [-0.2, -0.15) is 5.26 Å². The third-order valence-electron chi connectivity index (χ3n) is 3.45. The Labute approximate surface area is 140 Å². The monoisotopic (exact) mass is 328 g/mol. The summed E-state index contributed by atoms with van der Waals surface area (Å²) in [5.74, 6) is 0. The Balaban J connectivity index is 2.02. The molecule has 1 heterocycles. The highest BCUT2D eigenvalue weighted by Crippen LogP contribution is 2.24. The number of thiazole rings is 1. The predicted molar refractivity (Wildman–Crippen MR) is 91.1 cm³/mol. The van der Waals surface area contributed by atoms with E-state index in [2.05, 4.69) is 21.7 Å². The summed E-state index contributed by atoms with van der Waals surface area (Å²) in [6.45, 7) is 7.72. The fraction of sp³-hybridized carbons (Fsp3) is 0.353. The zero-order chi connectivity index (χ0) is 17.0. The number of nitrogens with zero attached hydrogens (tertiary/aromatic N) is 2. The molecule has 0 radical (unpaired) electrons. The number of benzene rings is 1. The lowest BCUT2D eigenvalue weighted by molar-refractivity contribution is 0.227. The van der Waals surface area contributed by atoms with E-state index in [0.29, 0.717) is 5.56 Å². The van der Waals surface area contributed by atoms with E-state index in [9.17, 15) is 4.79 Å². The molecule has 0 aliphatic carbocycles. The largest absolute Gasteiger partial charge is 0.332 e. The lowest BCUT2D eigenvalue weighted by Crippen LogP contribution is -2.47. The summed E-state index contributed by atoms with van der Waals surface area (Å²) in [5.41, 5.74) is 0.925. The second kappa shape index (κ2) is 6.80. The summed E-state index contributed by atoms with van der Waals surface area (Å²) in [7, 11) is 0. The highest BCUT2D eigenvalue weighted by molar-refractivity contribution is 7.11. The van der Waals surface area contributed by atoms with Gasteiger partial charge < -0.3 is 10.6 Å². The van der Waals surface area contributed by atoms with Crippen molar-refractivity contribution in [1.29, 1.82) is 5.26 Å². The maximum Gasteiger partial charge on any atom is 0.316 e. The molecule has 5 nitrogen and oxygen atoms in total. The van der Waals surface area contributed by atoms with E-state index in [4.69, 9.17) is 5.26 Å². The molecule has 0 unspecified atom stereocenters. The van der Waals surface area contributed by atoms with Gasteiger partial charge in [0.2, 0.25) is 0 Å². The van der Waals surface area contributed by atoms with Gasteiger partial charge >= 0.3 is 6.03 Å². The molecule has 0 aliphatic rings. The normalized spacial score (nSPS) is 12.3. The van der Waals surface area contributed by atoms with Gasteiger partial charge in [-0.25, -0.2) is 9.78 Å². The Bertz CT molecular complexity index is 745. The highest BCUT2D eigenvalue weighted by atomic mass is 32.1. The first-order chi connectivity index (χ1) is 10.8. The molecule has 0 spiro atoms. The maximum atomic E-state index is 12.3. The number of amides is 2. The summed E-state index contributed by atoms with van der Waals surface area (Å²) in [5, 5.41) is 15.7. The molecule has 1 aromatic heterocycles. The second-order valence-electron chi connectivity index (χ2n) is 5.96. The van der Waals surface area contributed by atoms with E-state index in [1.807, 2.05) is 39.8 Å². The molecule has 0 aliphatic heterocycles. The number of nitriles is 1. The first-order valence-electron chi connectivity index (χ1n) is 7.33. The predicted octanol–water partition coefficient (Wildman–Crippen LogP) is 3.62. The van der Waals surface area contributed by atoms with Crippen LogP contribution in [-0.4, -0.2) is 11.0 Å². The van der Waals surface area contributed by atoms with Crippen LogP contribution in [0.15, 0.2) is 30.5 Å². The Morgan fingerprint density at radius 1 is 1.43 bits per heavy atom. The summed E-state index contributed by atoms with van der Waals surface area (Å²) in [4.78, 5) is 17.7. The minimum absolute atomic E-state index is 0.197. The van der Waals surface area contributed by atoms with E-state index in [1.54, 1.807) is 29.7 Å². The van der Waals surface area contributed by atoms with Crippen LogP contribution in [0.3, 0.4) is 0 Å². The zero-order valence-corrected chi connectivity index (χ0v) is 14.5. The van der Waals surface area contributed by atoms with Crippen LogP contribution in [0.25, 0.3) is 0 Å². The molecular weight excluding hydrogens is 308 g/mol. The Morgan fingerprint density at radius 3 is 2.78 bits per heavy atom. The van der Waals surface area contributed by atoms with E-state index >= 15 is 0 Å². The molecule has 1 atom stereocenters. The summed E-state index contributed by atoms with van der Waals surface area (Å²) < 4.78 is 0. The highest BCUT2D eigenvalue weighted by Gasteiger charge is 2.26. The summed E-state index contributed by atoms with van der Waals surface area (Å²) >= 11 is 1.57. The van der Waals surface area contributed by atoms with Crippen LogP contribution in [0.1, 0.15) is 47.8 Å². The van der Waals surface area contributed by atoms with E-state index in [0.717, 1.165) is 15.4 Å². The number of rotatable bonds is 4. The molecule has 2 aromatic rings. The van der Waals surface area contributed by atoms with Crippen molar-refractivity contribution in [3.63, 3.8) is 0 Å². The van der Waals surface area contributed by atoms with Crippen LogP contribution in [0.2, 0.25) is 0 Å². The van der Waals surface area contributed by atoms with Crippen LogP contribution in [-0.2, 0) is 5.54 Å². The third kappa shape index (κ3) is 4.30. The second-order valence-corrected chi connectivity index (χ2v) is 7.19. The van der Waals surface area contributed by atoms with E-state index < -0.39 is 5.54 Å². The van der Waals surface area contributed by atoms with Gasteiger partial charge in [-0.3, -0.25) is 0 Å². The van der Waals surface area contributed by atoms with Crippen molar-refractivity contribution in [3.05, 3.63) is 51.5 Å². The van der Waals surface area contributed by atoms with E-state index in [-0.39, 0.29) is 12.1 Å². The number of carbonyl (C=O) groups is 1. The van der Waals surface area contributed by atoms with Crippen molar-refractivity contribution in [3.8, 4) is 6.07 Å². The Morgan fingerprint density at radius 2 is 2.17 bits per heavy atom. The molecule has 23 heavy (non-hydrogen) atoms. The molecule has 120 valence electrons. The van der Waals surface area contributed by atoms with Gasteiger partial charge in [0.1, 0.15) is 5.01 Å². The van der Waals surface area contributed by atoms with Crippen LogP contribution >= 0.6 is 11.3 Å². The average molecular weight is 328 g/mol. The number of hydrogen-bond acceptors (Lipinski definition) is 4. The number of aryl methyl sites for hydroxylation is 1. The van der Waals surface area contributed by atoms with Crippen LogP contribution < -0.4 is 10.6 Å². The van der Waals surface area contributed by atoms with Crippen molar-refractivity contribution in [2.75, 3.05) is 0 Å². The molecule has 2 amide bonds. The number of hydrogen-bond donors (Lipinski definition) is 2. The third-order valence-corrected chi connectivity index (χ3v) is 4.68. The van der Waals surface area contributed by atoms with Crippen LogP contribution in [0.4, 0.5) is 4.79 Å². The fourth-order valence-corrected chi connectivity index (χ4v) is 3.00. The molecule has 0 saturated heterocycles. The number of aromatic nitrogens is 1. The number of carbonyl (C=O) groups excluding carboxylic acids is 1. The topological polar surface area (TPSA) is 77.8 Å². The molecule has 2 N–H and O–H groups in total. The molecular formula is C17H20N4OS. The standard InChI is InChI=1S/C17H20N4OS/c1-11-10-19-15(23-11)17(3,4)21-16(22)20-12(2)14-7-5-6-13(8-14)9-18/h5-8,10,12H,1-4H3,(H2,20,21,22)/t12-/m0/s1. The van der Waals surface area contributed by atoms with Gasteiger partial charge in [0.15, 0.2) is 0 Å². The van der Waals surface area contributed by atoms with Gasteiger partial charge in [0.05, 0.1) is 23.2 Å². The van der Waals surface area contributed by atoms with Crippen molar-refractivity contribution >= 4 is 17.4 Å². The Kier molecular flexibility index (Phi) is 5.02. The minimum Gasteiger partial charge on any atom is -0.332 e. The van der Waals surface area contributed by atoms with Gasteiger partial charge in [-0.1, -0.05) is 12.1 Å². The van der Waals surface area contributed by atoms with Gasteiger partial charge in [0.25, 0.3) is 0 Å². The van der Waals surface area contributed by atoms with Gasteiger partial charge in [-0.05, 0) is 45.4 Å². The molecule has 0 fully saturated rings. The number of urea groups is 1. The molecule has 0 saturated carbocycles. The first kappa shape index (κ1) is 17.0. The van der Waals surface area contributed by atoms with Gasteiger partial charge in [-0.15, -0.1) is 11.3 Å². The lowest BCUT2D eigenvalue weighted by Gasteiger charge is -2.25. The average Bonchev–Trinajstić information content (AvgIpc) is 2.94. The van der Waals surface area contributed by atoms with Gasteiger partial charge in [0, 0.05) is 11.1 Å². The lowest BCUT2D eigenvalue weighted by atomic mass is 10.1. The van der Waals surface area contributed by atoms with Crippen LogP contribution in [0, 0.1) is 18.3 Å². The van der Waals surface area contributed by atoms with Crippen LogP contribution in [0.5, 0.6) is 0 Å². The van der Waals surface area contributed by atoms with E-state index in [1.165, 1.54) is 0 Å². The quantitative estimate of drug-likeness (QED) is 0.900. The summed E-state index contributed by atoms with van der Waals surface area (Å²) in [6, 6.07) is 8.86.